The van der Waals surface area contributed by atoms with Crippen molar-refractivity contribution in [2.24, 2.45) is 0 Å². The standard InChI is InChI=1S/C106H86BN5O2/c1-103(2,3)67-47-52-88-80(60-67)81-61-68(104(4,5)6)48-53-89(81)110(88)91-43-25-35-77-78-36-26-44-92(101(78)114-100(77)91)111-94-56-64(63-28-14-13-15-29-63)46-50-82(94)107-83-51-49-71(108-84-38-20-16-30-72(84)73-31-17-21-39-85(73)108)62-95(83)112(97-58-66(57-96(111)98(97)107)65-54-69(105(7,8)9)59-70(55-65)106(10,11)12)93-45-27-37-79-76-34-24-42-90(99(76)113-102(79)93)109-86-40-22-18-32-74(86)75-33-19-23-41-87(75)109/h13-62H,1-12H3/i13D,14D,15D,16D,17D,18D,19D,20D,21D,22D,23D,28D,29D,30D,31D,32D,33D,38D,39D,40D,41D. The zero-order chi connectivity index (χ0) is 95.6. The fraction of sp³-hybridized carbons (Fsp3) is 0.151. The normalized spacial score (nSPS) is 16.0. The minimum atomic E-state index is -0.881. The number of anilines is 6. The van der Waals surface area contributed by atoms with Crippen LogP contribution in [0.15, 0.2) is 312 Å². The number of hydrogen-bond donors (Lipinski definition) is 0. The lowest BCUT2D eigenvalue weighted by Gasteiger charge is -2.44. The van der Waals surface area contributed by atoms with Crippen molar-refractivity contribution in [3.8, 4) is 39.3 Å². The summed E-state index contributed by atoms with van der Waals surface area (Å²) in [6, 6.07) is 46.8. The zero-order valence-electron chi connectivity index (χ0n) is 85.9. The number of aromatic nitrogens is 3. The first kappa shape index (κ1) is 49.4. The molecule has 0 atom stereocenters. The number of furan rings is 2. The second-order valence-electron chi connectivity index (χ2n) is 34.5. The fourth-order valence-corrected chi connectivity index (χ4v) is 17.9. The van der Waals surface area contributed by atoms with Crippen LogP contribution in [0.4, 0.5) is 34.1 Å². The van der Waals surface area contributed by atoms with Crippen LogP contribution >= 0.6 is 0 Å². The summed E-state index contributed by atoms with van der Waals surface area (Å²) in [5, 5.41) is 4.10. The first-order valence-corrected chi connectivity index (χ1v) is 38.6. The SMILES string of the molecule is [2H]c1c([2H])c([2H])c(-c2ccc3c(c2)N(c2cccc4c2oc2c(-n5c6ccc(C(C)(C)C)cc6c6cc(C(C)(C)C)ccc65)cccc24)c2cc(-c4cc(C(C)(C)C)cc(C(C)(C)C)c4)cc4c2B3c2ccc(-n3c5c([2H])c([2H])c([2H])c([2H])c5c5c([2H])c([2H])c([2H])c([2H])c53)cc2N4c2cccc3c2oc2c(-n4c5c([2H])c([2H])c([2H])c([2H])c5c5c([2H])c([2H])c([2H])c([2H])c54)cccc23)c([2H])c1[2H]. The number of rotatable bonds is 7. The third-order valence-electron chi connectivity index (χ3n) is 23.6. The molecule has 2 aliphatic rings. The van der Waals surface area contributed by atoms with E-state index in [-0.39, 0.29) is 88.1 Å². The molecule has 20 aromatic rings. The first-order valence-electron chi connectivity index (χ1n) is 49.1. The van der Waals surface area contributed by atoms with Gasteiger partial charge in [-0.2, -0.15) is 0 Å². The van der Waals surface area contributed by atoms with Crippen molar-refractivity contribution >= 4 is 167 Å². The van der Waals surface area contributed by atoms with Gasteiger partial charge < -0.3 is 32.3 Å². The molecule has 0 fully saturated rings. The molecule has 0 radical (unpaired) electrons. The van der Waals surface area contributed by atoms with Gasteiger partial charge >= 0.3 is 0 Å². The fourth-order valence-electron chi connectivity index (χ4n) is 17.9. The number of hydrogen-bond acceptors (Lipinski definition) is 4. The maximum absolute atomic E-state index is 9.89. The lowest BCUT2D eigenvalue weighted by atomic mass is 9.33. The van der Waals surface area contributed by atoms with Crippen molar-refractivity contribution in [1.82, 2.24) is 13.7 Å². The summed E-state index contributed by atoms with van der Waals surface area (Å²) in [6.07, 6.45) is 0. The van der Waals surface area contributed by atoms with Crippen LogP contribution in [0.2, 0.25) is 0 Å². The third-order valence-corrected chi connectivity index (χ3v) is 23.6. The molecule has 7 nitrogen and oxygen atoms in total. The second kappa shape index (κ2) is 24.2. The Balaban J connectivity index is 0.904. The number of fused-ring (bicyclic) bond motifs is 19. The van der Waals surface area contributed by atoms with E-state index < -0.39 is 144 Å². The molecule has 0 spiro atoms. The molecule has 15 aromatic carbocycles. The van der Waals surface area contributed by atoms with E-state index >= 15 is 0 Å². The van der Waals surface area contributed by atoms with Crippen molar-refractivity contribution in [1.29, 1.82) is 0 Å². The monoisotopic (exact) mass is 1490 g/mol. The Morgan fingerprint density at radius 2 is 0.623 bits per heavy atom. The van der Waals surface area contributed by atoms with Gasteiger partial charge in [-0.15, -0.1) is 0 Å². The van der Waals surface area contributed by atoms with Crippen LogP contribution < -0.4 is 26.2 Å². The van der Waals surface area contributed by atoms with Gasteiger partial charge in [-0.25, -0.2) is 0 Å². The highest BCUT2D eigenvalue weighted by atomic mass is 16.3. The van der Waals surface area contributed by atoms with E-state index in [0.717, 1.165) is 55.0 Å². The smallest absolute Gasteiger partial charge is 0.252 e. The Labute approximate surface area is 693 Å². The molecule has 0 saturated heterocycles. The Morgan fingerprint density at radius 1 is 0.254 bits per heavy atom. The highest BCUT2D eigenvalue weighted by Gasteiger charge is 2.46. The van der Waals surface area contributed by atoms with E-state index in [9.17, 15) is 19.2 Å². The van der Waals surface area contributed by atoms with Crippen LogP contribution in [-0.4, -0.2) is 20.4 Å². The minimum Gasteiger partial charge on any atom is -0.452 e. The summed E-state index contributed by atoms with van der Waals surface area (Å²) in [5.74, 6) is 0. The van der Waals surface area contributed by atoms with Gasteiger partial charge in [-0.3, -0.25) is 0 Å². The van der Waals surface area contributed by atoms with Crippen LogP contribution in [0.1, 0.15) is 134 Å². The molecule has 0 unspecified atom stereocenters. The van der Waals surface area contributed by atoms with Crippen LogP contribution in [-0.2, 0) is 21.7 Å². The van der Waals surface area contributed by atoms with E-state index in [2.05, 4.69) is 176 Å². The highest BCUT2D eigenvalue weighted by molar-refractivity contribution is 7.00. The van der Waals surface area contributed by atoms with Crippen LogP contribution in [0.5, 0.6) is 0 Å². The lowest BCUT2D eigenvalue weighted by Crippen LogP contribution is -2.61. The minimum absolute atomic E-state index is 0.0595. The van der Waals surface area contributed by atoms with E-state index in [1.54, 1.807) is 24.3 Å². The molecule has 7 heterocycles. The number of benzene rings is 15. The molecule has 550 valence electrons. The quantitative estimate of drug-likeness (QED) is 0.149. The summed E-state index contributed by atoms with van der Waals surface area (Å²) < 4.78 is 218. The number of nitrogens with zero attached hydrogens (tertiary/aromatic N) is 5. The Bertz CT molecular complexity index is 8570. The summed E-state index contributed by atoms with van der Waals surface area (Å²) in [6.45, 7) is 25.4. The molecular formula is C106H86BN5O2. The van der Waals surface area contributed by atoms with Crippen molar-refractivity contribution in [2.75, 3.05) is 9.80 Å². The molecule has 114 heavy (non-hydrogen) atoms. The van der Waals surface area contributed by atoms with Gasteiger partial charge in [-0.1, -0.05) is 283 Å². The molecule has 0 aliphatic carbocycles. The second-order valence-corrected chi connectivity index (χ2v) is 34.5. The molecule has 0 N–H and O–H groups in total. The molecule has 0 saturated carbocycles. The summed E-state index contributed by atoms with van der Waals surface area (Å²) in [7, 11) is 0. The molecule has 8 heteroatoms. The Morgan fingerprint density at radius 3 is 1.07 bits per heavy atom. The summed E-state index contributed by atoms with van der Waals surface area (Å²) >= 11 is 0. The van der Waals surface area contributed by atoms with Gasteiger partial charge in [0.25, 0.3) is 6.71 Å². The van der Waals surface area contributed by atoms with Crippen LogP contribution in [0.3, 0.4) is 0 Å². The van der Waals surface area contributed by atoms with E-state index in [1.165, 1.54) is 20.3 Å². The van der Waals surface area contributed by atoms with Crippen LogP contribution in [0.25, 0.3) is 149 Å². The maximum Gasteiger partial charge on any atom is 0.252 e. The first-order chi connectivity index (χ1) is 63.8. The predicted octanol–water partition coefficient (Wildman–Crippen LogP) is 27.4. The van der Waals surface area contributed by atoms with E-state index in [4.69, 9.17) is 18.4 Å². The van der Waals surface area contributed by atoms with Crippen molar-refractivity contribution in [3.05, 3.63) is 325 Å². The maximum atomic E-state index is 9.89. The number of para-hydroxylation sites is 8. The van der Waals surface area contributed by atoms with Gasteiger partial charge in [0.2, 0.25) is 0 Å². The lowest BCUT2D eigenvalue weighted by molar-refractivity contribution is 0.569. The molecule has 0 amide bonds. The van der Waals surface area contributed by atoms with Gasteiger partial charge in [0, 0.05) is 82.3 Å². The topological polar surface area (TPSA) is 47.6 Å². The van der Waals surface area contributed by atoms with Gasteiger partial charge in [0.05, 0.1) is 84.6 Å². The van der Waals surface area contributed by atoms with Crippen molar-refractivity contribution in [2.45, 2.75) is 105 Å². The molecule has 2 aliphatic heterocycles. The van der Waals surface area contributed by atoms with Crippen LogP contribution in [0, 0.1) is 0 Å². The Kier molecular flexibility index (Phi) is 10.5. The Hall–Kier alpha value is -13.0. The van der Waals surface area contributed by atoms with E-state index in [1.807, 2.05) is 72.8 Å². The van der Waals surface area contributed by atoms with Gasteiger partial charge in [0.1, 0.15) is 0 Å². The van der Waals surface area contributed by atoms with Crippen molar-refractivity contribution in [3.63, 3.8) is 0 Å². The van der Waals surface area contributed by atoms with Gasteiger partial charge in [-0.05, 0) is 186 Å². The van der Waals surface area contributed by atoms with Crippen molar-refractivity contribution < 1.29 is 37.6 Å². The molecule has 0 bridgehead atoms. The average Bonchev–Trinajstić information content (AvgIpc) is 1.11. The highest BCUT2D eigenvalue weighted by Crippen LogP contribution is 2.54. The molecule has 22 rings (SSSR count). The predicted molar refractivity (Wildman–Crippen MR) is 484 cm³/mol. The summed E-state index contributed by atoms with van der Waals surface area (Å²) in [5.41, 5.74) is 13.6. The molecule has 5 aromatic heterocycles. The van der Waals surface area contributed by atoms with E-state index in [0.29, 0.717) is 78.0 Å². The largest absolute Gasteiger partial charge is 0.452 e. The average molecular weight is 1490 g/mol. The third kappa shape index (κ3) is 10.1. The zero-order valence-corrected chi connectivity index (χ0v) is 64.9. The van der Waals surface area contributed by atoms with Gasteiger partial charge in [0.15, 0.2) is 22.3 Å². The molecular weight excluding hydrogens is 1390 g/mol. The summed E-state index contributed by atoms with van der Waals surface area (Å²) in [4.78, 5) is 4.21.